The van der Waals surface area contributed by atoms with E-state index in [-0.39, 0.29) is 11.1 Å². The predicted octanol–water partition coefficient (Wildman–Crippen LogP) is 2.98. The van der Waals surface area contributed by atoms with Crippen LogP contribution in [0.2, 0.25) is 0 Å². The summed E-state index contributed by atoms with van der Waals surface area (Å²) < 4.78 is 5.95. The monoisotopic (exact) mass is 219 g/mol. The second-order valence-electron chi connectivity index (χ2n) is 5.91. The fourth-order valence-corrected chi connectivity index (χ4v) is 2.06. The Bertz CT molecular complexity index is 402. The summed E-state index contributed by atoms with van der Waals surface area (Å²) in [7, 11) is 0. The molecule has 0 radical (unpaired) electrons. The quantitative estimate of drug-likeness (QED) is 0.788. The highest BCUT2D eigenvalue weighted by Crippen LogP contribution is 2.34. The Morgan fingerprint density at radius 3 is 2.62 bits per heavy atom. The minimum Gasteiger partial charge on any atom is -0.488 e. The third kappa shape index (κ3) is 2.22. The summed E-state index contributed by atoms with van der Waals surface area (Å²) in [4.78, 5) is 0. The van der Waals surface area contributed by atoms with E-state index in [9.17, 15) is 0 Å². The van der Waals surface area contributed by atoms with Crippen LogP contribution in [0.15, 0.2) is 18.2 Å². The van der Waals surface area contributed by atoms with E-state index in [1.54, 1.807) is 0 Å². The zero-order valence-electron chi connectivity index (χ0n) is 10.6. The first-order chi connectivity index (χ1) is 7.28. The standard InChI is InChI=1S/C14H21NO/c1-13(2)8-7-10-9-11(14(3,4)15)5-6-12(10)16-13/h5-6,9H,7-8,15H2,1-4H3. The van der Waals surface area contributed by atoms with Crippen molar-refractivity contribution in [3.8, 4) is 5.75 Å². The van der Waals surface area contributed by atoms with Gasteiger partial charge in [0, 0.05) is 5.54 Å². The molecule has 0 bridgehead atoms. The second kappa shape index (κ2) is 3.49. The molecule has 0 spiro atoms. The SMILES string of the molecule is CC1(C)CCc2cc(C(C)(C)N)ccc2O1. The van der Waals surface area contributed by atoms with Gasteiger partial charge in [-0.2, -0.15) is 0 Å². The van der Waals surface area contributed by atoms with Gasteiger partial charge in [-0.25, -0.2) is 0 Å². The first-order valence-electron chi connectivity index (χ1n) is 5.89. The Hall–Kier alpha value is -1.02. The molecule has 1 aliphatic rings. The average Bonchev–Trinajstić information content (AvgIpc) is 2.14. The molecule has 0 unspecified atom stereocenters. The van der Waals surface area contributed by atoms with Gasteiger partial charge in [0.2, 0.25) is 0 Å². The van der Waals surface area contributed by atoms with Crippen LogP contribution in [0.3, 0.4) is 0 Å². The highest BCUT2D eigenvalue weighted by molar-refractivity contribution is 5.41. The zero-order chi connectivity index (χ0) is 12.0. The van der Waals surface area contributed by atoms with Crippen LogP contribution < -0.4 is 10.5 Å². The van der Waals surface area contributed by atoms with Crippen molar-refractivity contribution in [3.05, 3.63) is 29.3 Å². The van der Waals surface area contributed by atoms with Crippen LogP contribution in [0.4, 0.5) is 0 Å². The number of fused-ring (bicyclic) bond motifs is 1. The van der Waals surface area contributed by atoms with Crippen molar-refractivity contribution in [2.45, 2.75) is 51.7 Å². The van der Waals surface area contributed by atoms with Crippen LogP contribution in [0.5, 0.6) is 5.75 Å². The molecule has 16 heavy (non-hydrogen) atoms. The summed E-state index contributed by atoms with van der Waals surface area (Å²) in [5.74, 6) is 1.02. The third-order valence-corrected chi connectivity index (χ3v) is 3.19. The van der Waals surface area contributed by atoms with Crippen molar-refractivity contribution in [2.75, 3.05) is 0 Å². The number of aryl methyl sites for hydroxylation is 1. The minimum atomic E-state index is -0.276. The lowest BCUT2D eigenvalue weighted by Gasteiger charge is -2.33. The van der Waals surface area contributed by atoms with Crippen molar-refractivity contribution in [1.82, 2.24) is 0 Å². The van der Waals surface area contributed by atoms with E-state index in [1.807, 2.05) is 13.8 Å². The van der Waals surface area contributed by atoms with Gasteiger partial charge in [-0.3, -0.25) is 0 Å². The van der Waals surface area contributed by atoms with Gasteiger partial charge in [0.05, 0.1) is 0 Å². The van der Waals surface area contributed by atoms with Gasteiger partial charge in [-0.1, -0.05) is 12.1 Å². The van der Waals surface area contributed by atoms with Crippen LogP contribution >= 0.6 is 0 Å². The summed E-state index contributed by atoms with van der Waals surface area (Å²) in [5.41, 5.74) is 8.25. The molecule has 0 aromatic heterocycles. The van der Waals surface area contributed by atoms with Gasteiger partial charge in [0.15, 0.2) is 0 Å². The van der Waals surface area contributed by atoms with Crippen molar-refractivity contribution >= 4 is 0 Å². The summed E-state index contributed by atoms with van der Waals surface area (Å²) in [6.07, 6.45) is 2.14. The van der Waals surface area contributed by atoms with Crippen molar-refractivity contribution in [1.29, 1.82) is 0 Å². The van der Waals surface area contributed by atoms with Crippen LogP contribution in [-0.4, -0.2) is 5.60 Å². The van der Waals surface area contributed by atoms with Gasteiger partial charge in [-0.05, 0) is 57.7 Å². The molecule has 0 saturated carbocycles. The predicted molar refractivity (Wildman–Crippen MR) is 66.7 cm³/mol. The molecule has 0 saturated heterocycles. The topological polar surface area (TPSA) is 35.2 Å². The largest absolute Gasteiger partial charge is 0.488 e. The lowest BCUT2D eigenvalue weighted by molar-refractivity contribution is 0.0846. The number of rotatable bonds is 1. The lowest BCUT2D eigenvalue weighted by Crippen LogP contribution is -2.33. The van der Waals surface area contributed by atoms with Gasteiger partial charge >= 0.3 is 0 Å². The summed E-state index contributed by atoms with van der Waals surface area (Å²) >= 11 is 0. The molecule has 0 fully saturated rings. The van der Waals surface area contributed by atoms with E-state index in [1.165, 1.54) is 11.1 Å². The van der Waals surface area contributed by atoms with Crippen molar-refractivity contribution < 1.29 is 4.74 Å². The lowest BCUT2D eigenvalue weighted by atomic mass is 9.89. The fraction of sp³-hybridized carbons (Fsp3) is 0.571. The molecule has 0 amide bonds. The van der Waals surface area contributed by atoms with Gasteiger partial charge in [0.25, 0.3) is 0 Å². The summed E-state index contributed by atoms with van der Waals surface area (Å²) in [6.45, 7) is 8.33. The molecule has 1 aromatic rings. The average molecular weight is 219 g/mol. The van der Waals surface area contributed by atoms with Crippen LogP contribution in [0.25, 0.3) is 0 Å². The Morgan fingerprint density at radius 1 is 1.31 bits per heavy atom. The molecule has 1 aromatic carbocycles. The maximum atomic E-state index is 6.10. The molecule has 2 N–H and O–H groups in total. The Kier molecular flexibility index (Phi) is 2.50. The maximum absolute atomic E-state index is 6.10. The number of hydrogen-bond donors (Lipinski definition) is 1. The molecular formula is C14H21NO. The molecule has 2 heteroatoms. The Morgan fingerprint density at radius 2 is 2.00 bits per heavy atom. The molecular weight excluding hydrogens is 198 g/mol. The number of ether oxygens (including phenoxy) is 1. The van der Waals surface area contributed by atoms with E-state index in [4.69, 9.17) is 10.5 Å². The first kappa shape index (κ1) is 11.5. The van der Waals surface area contributed by atoms with E-state index in [0.717, 1.165) is 18.6 Å². The molecule has 1 aliphatic heterocycles. The van der Waals surface area contributed by atoms with E-state index >= 15 is 0 Å². The smallest absolute Gasteiger partial charge is 0.123 e. The number of nitrogens with two attached hydrogens (primary N) is 1. The van der Waals surface area contributed by atoms with Crippen LogP contribution in [0, 0.1) is 0 Å². The van der Waals surface area contributed by atoms with E-state index in [2.05, 4.69) is 32.0 Å². The molecule has 88 valence electrons. The molecule has 1 heterocycles. The maximum Gasteiger partial charge on any atom is 0.123 e. The van der Waals surface area contributed by atoms with Gasteiger partial charge in [0.1, 0.15) is 11.4 Å². The summed E-state index contributed by atoms with van der Waals surface area (Å²) in [5, 5.41) is 0. The third-order valence-electron chi connectivity index (χ3n) is 3.19. The van der Waals surface area contributed by atoms with Gasteiger partial charge < -0.3 is 10.5 Å². The Balaban J connectivity index is 2.36. The number of benzene rings is 1. The van der Waals surface area contributed by atoms with Crippen molar-refractivity contribution in [2.24, 2.45) is 5.73 Å². The highest BCUT2D eigenvalue weighted by atomic mass is 16.5. The van der Waals surface area contributed by atoms with Crippen LogP contribution in [0.1, 0.15) is 45.2 Å². The highest BCUT2D eigenvalue weighted by Gasteiger charge is 2.27. The molecule has 2 rings (SSSR count). The Labute approximate surface area is 97.8 Å². The van der Waals surface area contributed by atoms with Gasteiger partial charge in [-0.15, -0.1) is 0 Å². The molecule has 0 aliphatic carbocycles. The van der Waals surface area contributed by atoms with Crippen LogP contribution in [-0.2, 0) is 12.0 Å². The normalized spacial score (nSPS) is 18.8. The van der Waals surface area contributed by atoms with E-state index in [0.29, 0.717) is 0 Å². The fourth-order valence-electron chi connectivity index (χ4n) is 2.06. The van der Waals surface area contributed by atoms with Crippen molar-refractivity contribution in [3.63, 3.8) is 0 Å². The second-order valence-corrected chi connectivity index (χ2v) is 5.91. The summed E-state index contributed by atoms with van der Waals surface area (Å²) in [6, 6.07) is 6.31. The first-order valence-corrected chi connectivity index (χ1v) is 5.89. The minimum absolute atomic E-state index is 0.0350. The number of hydrogen-bond acceptors (Lipinski definition) is 2. The molecule has 0 atom stereocenters. The molecule has 2 nitrogen and oxygen atoms in total. The zero-order valence-corrected chi connectivity index (χ0v) is 10.6. The van der Waals surface area contributed by atoms with E-state index < -0.39 is 0 Å².